The van der Waals surface area contributed by atoms with Gasteiger partial charge in [-0.05, 0) is 24.3 Å². The van der Waals surface area contributed by atoms with Crippen molar-refractivity contribution in [3.05, 3.63) is 42.6 Å². The average molecular weight is 312 g/mol. The normalized spacial score (nSPS) is 13.1. The SMILES string of the molecule is COc1ccc2c(c1)NCC(=O)N2CC(=O)Nc1ccccn1. The molecular formula is C16H16N4O3. The zero-order valence-electron chi connectivity index (χ0n) is 12.6. The molecule has 2 heterocycles. The summed E-state index contributed by atoms with van der Waals surface area (Å²) >= 11 is 0. The second-order valence-corrected chi connectivity index (χ2v) is 4.98. The molecule has 1 aliphatic rings. The van der Waals surface area contributed by atoms with Crippen LogP contribution in [0.5, 0.6) is 5.75 Å². The minimum Gasteiger partial charge on any atom is -0.497 e. The van der Waals surface area contributed by atoms with E-state index in [4.69, 9.17) is 4.74 Å². The molecule has 0 spiro atoms. The van der Waals surface area contributed by atoms with E-state index in [0.717, 1.165) is 5.69 Å². The van der Waals surface area contributed by atoms with Gasteiger partial charge in [-0.1, -0.05) is 6.07 Å². The first kappa shape index (κ1) is 14.8. The van der Waals surface area contributed by atoms with Crippen molar-refractivity contribution in [2.75, 3.05) is 35.7 Å². The molecule has 0 saturated heterocycles. The van der Waals surface area contributed by atoms with Crippen LogP contribution in [0.15, 0.2) is 42.6 Å². The summed E-state index contributed by atoms with van der Waals surface area (Å²) in [5, 5.41) is 5.70. The zero-order valence-corrected chi connectivity index (χ0v) is 12.6. The molecule has 2 N–H and O–H groups in total. The highest BCUT2D eigenvalue weighted by molar-refractivity contribution is 6.07. The van der Waals surface area contributed by atoms with E-state index in [-0.39, 0.29) is 24.9 Å². The van der Waals surface area contributed by atoms with Crippen molar-refractivity contribution in [2.45, 2.75) is 0 Å². The Balaban J connectivity index is 1.77. The lowest BCUT2D eigenvalue weighted by Gasteiger charge is -2.29. The van der Waals surface area contributed by atoms with Gasteiger partial charge in [0.1, 0.15) is 18.1 Å². The number of hydrogen-bond acceptors (Lipinski definition) is 5. The summed E-state index contributed by atoms with van der Waals surface area (Å²) in [6, 6.07) is 10.5. The fourth-order valence-electron chi connectivity index (χ4n) is 2.36. The van der Waals surface area contributed by atoms with Gasteiger partial charge >= 0.3 is 0 Å². The summed E-state index contributed by atoms with van der Waals surface area (Å²) in [7, 11) is 1.58. The Morgan fingerprint density at radius 3 is 3.00 bits per heavy atom. The van der Waals surface area contributed by atoms with Gasteiger partial charge in [-0.3, -0.25) is 14.5 Å². The highest BCUT2D eigenvalue weighted by Crippen LogP contribution is 2.32. The smallest absolute Gasteiger partial charge is 0.246 e. The van der Waals surface area contributed by atoms with Crippen molar-refractivity contribution in [3.63, 3.8) is 0 Å². The largest absolute Gasteiger partial charge is 0.497 e. The second kappa shape index (κ2) is 6.35. The van der Waals surface area contributed by atoms with E-state index in [1.54, 1.807) is 49.7 Å². The molecule has 7 heteroatoms. The summed E-state index contributed by atoms with van der Waals surface area (Å²) in [4.78, 5) is 29.8. The van der Waals surface area contributed by atoms with Crippen LogP contribution in [0.2, 0.25) is 0 Å². The molecule has 23 heavy (non-hydrogen) atoms. The fraction of sp³-hybridized carbons (Fsp3) is 0.188. The minimum atomic E-state index is -0.305. The van der Waals surface area contributed by atoms with Gasteiger partial charge in [-0.15, -0.1) is 0 Å². The van der Waals surface area contributed by atoms with Gasteiger partial charge in [0.15, 0.2) is 0 Å². The molecule has 0 unspecified atom stereocenters. The summed E-state index contributed by atoms with van der Waals surface area (Å²) in [5.41, 5.74) is 1.41. The van der Waals surface area contributed by atoms with E-state index in [9.17, 15) is 9.59 Å². The highest BCUT2D eigenvalue weighted by atomic mass is 16.5. The maximum absolute atomic E-state index is 12.2. The van der Waals surface area contributed by atoms with Crippen molar-refractivity contribution in [1.29, 1.82) is 0 Å². The van der Waals surface area contributed by atoms with Gasteiger partial charge < -0.3 is 15.4 Å². The van der Waals surface area contributed by atoms with Crippen LogP contribution in [-0.2, 0) is 9.59 Å². The van der Waals surface area contributed by atoms with Gasteiger partial charge in [-0.25, -0.2) is 4.98 Å². The number of carbonyl (C=O) groups excluding carboxylic acids is 2. The van der Waals surface area contributed by atoms with Crippen LogP contribution in [0.25, 0.3) is 0 Å². The Labute approximate surface area is 133 Å². The van der Waals surface area contributed by atoms with Crippen LogP contribution in [0.3, 0.4) is 0 Å². The Kier molecular flexibility index (Phi) is 4.09. The first-order valence-electron chi connectivity index (χ1n) is 7.10. The summed E-state index contributed by atoms with van der Waals surface area (Å²) in [6.07, 6.45) is 1.59. The Hall–Kier alpha value is -3.09. The third-order valence-electron chi connectivity index (χ3n) is 3.46. The molecule has 1 aliphatic heterocycles. The van der Waals surface area contributed by atoms with Crippen LogP contribution in [0, 0.1) is 0 Å². The monoisotopic (exact) mass is 312 g/mol. The molecule has 0 aliphatic carbocycles. The molecule has 3 rings (SSSR count). The molecular weight excluding hydrogens is 296 g/mol. The van der Waals surface area contributed by atoms with E-state index >= 15 is 0 Å². The molecule has 2 amide bonds. The summed E-state index contributed by atoms with van der Waals surface area (Å²) in [5.74, 6) is 0.665. The molecule has 0 radical (unpaired) electrons. The number of nitrogens with one attached hydrogen (secondary N) is 2. The number of ether oxygens (including phenoxy) is 1. The number of pyridine rings is 1. The lowest BCUT2D eigenvalue weighted by molar-refractivity contribution is -0.120. The molecule has 0 bridgehead atoms. The van der Waals surface area contributed by atoms with Gasteiger partial charge in [0.05, 0.1) is 25.0 Å². The number of rotatable bonds is 4. The van der Waals surface area contributed by atoms with Gasteiger partial charge in [0, 0.05) is 12.3 Å². The number of hydrogen-bond donors (Lipinski definition) is 2. The van der Waals surface area contributed by atoms with Crippen LogP contribution in [-0.4, -0.2) is 37.0 Å². The number of benzene rings is 1. The lowest BCUT2D eigenvalue weighted by atomic mass is 10.2. The van der Waals surface area contributed by atoms with Gasteiger partial charge in [0.2, 0.25) is 11.8 Å². The zero-order chi connectivity index (χ0) is 16.2. The van der Waals surface area contributed by atoms with Crippen LogP contribution in [0.1, 0.15) is 0 Å². The third-order valence-corrected chi connectivity index (χ3v) is 3.46. The van der Waals surface area contributed by atoms with Gasteiger partial charge in [-0.2, -0.15) is 0 Å². The summed E-state index contributed by atoms with van der Waals surface area (Å²) < 4.78 is 5.17. The van der Waals surface area contributed by atoms with Crippen molar-refractivity contribution in [3.8, 4) is 5.75 Å². The molecule has 0 fully saturated rings. The third kappa shape index (κ3) is 3.23. The van der Waals surface area contributed by atoms with E-state index in [1.807, 2.05) is 0 Å². The number of amides is 2. The first-order chi connectivity index (χ1) is 11.2. The molecule has 118 valence electrons. The Bertz CT molecular complexity index is 733. The predicted molar refractivity (Wildman–Crippen MR) is 86.7 cm³/mol. The Morgan fingerprint density at radius 1 is 1.39 bits per heavy atom. The molecule has 1 aromatic carbocycles. The minimum absolute atomic E-state index is 0.0730. The van der Waals surface area contributed by atoms with Crippen molar-refractivity contribution >= 4 is 29.0 Å². The quantitative estimate of drug-likeness (QED) is 0.893. The summed E-state index contributed by atoms with van der Waals surface area (Å²) in [6.45, 7) is 0.0629. The molecule has 1 aromatic heterocycles. The average Bonchev–Trinajstić information content (AvgIpc) is 2.58. The maximum atomic E-state index is 12.2. The number of carbonyl (C=O) groups is 2. The number of aromatic nitrogens is 1. The standard InChI is InChI=1S/C16H16N4O3/c1-23-11-5-6-13-12(8-11)18-9-16(22)20(13)10-15(21)19-14-4-2-3-7-17-14/h2-8,18H,9-10H2,1H3,(H,17,19,21). The van der Waals surface area contributed by atoms with Gasteiger partial charge in [0.25, 0.3) is 0 Å². The van der Waals surface area contributed by atoms with E-state index in [0.29, 0.717) is 17.3 Å². The number of methoxy groups -OCH3 is 1. The second-order valence-electron chi connectivity index (χ2n) is 4.98. The van der Waals surface area contributed by atoms with Crippen LogP contribution < -0.4 is 20.3 Å². The number of fused-ring (bicyclic) bond motifs is 1. The molecule has 0 atom stereocenters. The van der Waals surface area contributed by atoms with Crippen molar-refractivity contribution < 1.29 is 14.3 Å². The van der Waals surface area contributed by atoms with Crippen molar-refractivity contribution in [1.82, 2.24) is 4.98 Å². The first-order valence-corrected chi connectivity index (χ1v) is 7.10. The predicted octanol–water partition coefficient (Wildman–Crippen LogP) is 1.49. The topological polar surface area (TPSA) is 83.6 Å². The van der Waals surface area contributed by atoms with E-state index < -0.39 is 0 Å². The maximum Gasteiger partial charge on any atom is 0.246 e. The Morgan fingerprint density at radius 2 is 2.26 bits per heavy atom. The lowest BCUT2D eigenvalue weighted by Crippen LogP contribution is -2.44. The molecule has 7 nitrogen and oxygen atoms in total. The number of anilines is 3. The molecule has 0 saturated carbocycles. The highest BCUT2D eigenvalue weighted by Gasteiger charge is 2.26. The van der Waals surface area contributed by atoms with Crippen molar-refractivity contribution in [2.24, 2.45) is 0 Å². The van der Waals surface area contributed by atoms with E-state index in [2.05, 4.69) is 15.6 Å². The fourth-order valence-corrected chi connectivity index (χ4v) is 2.36. The number of nitrogens with zero attached hydrogens (tertiary/aromatic N) is 2. The van der Waals surface area contributed by atoms with E-state index in [1.165, 1.54) is 4.90 Å². The van der Waals surface area contributed by atoms with Crippen LogP contribution in [0.4, 0.5) is 17.2 Å². The molecule has 2 aromatic rings. The van der Waals surface area contributed by atoms with Crippen LogP contribution >= 0.6 is 0 Å².